The third kappa shape index (κ3) is 4.76. The molecule has 0 radical (unpaired) electrons. The molecule has 1 saturated carbocycles. The molecule has 2 aromatic heterocycles. The monoisotopic (exact) mass is 517 g/mol. The summed E-state index contributed by atoms with van der Waals surface area (Å²) in [6.45, 7) is 5.41. The quantitative estimate of drug-likeness (QED) is 0.395. The second kappa shape index (κ2) is 10.5. The molecule has 38 heavy (non-hydrogen) atoms. The van der Waals surface area contributed by atoms with Crippen molar-refractivity contribution in [3.63, 3.8) is 0 Å². The summed E-state index contributed by atoms with van der Waals surface area (Å²) < 4.78 is 21.1. The zero-order valence-electron chi connectivity index (χ0n) is 21.5. The number of fused-ring (bicyclic) bond motifs is 1. The molecule has 0 amide bonds. The van der Waals surface area contributed by atoms with Gasteiger partial charge in [-0.2, -0.15) is 0 Å². The molecule has 198 valence electrons. The normalized spacial score (nSPS) is 17.8. The first-order valence-corrected chi connectivity index (χ1v) is 13.4. The highest BCUT2D eigenvalue weighted by Crippen LogP contribution is 2.34. The number of hydrogen-bond acceptors (Lipinski definition) is 7. The zero-order valence-corrected chi connectivity index (χ0v) is 21.5. The van der Waals surface area contributed by atoms with Crippen LogP contribution in [0, 0.1) is 5.82 Å². The summed E-state index contributed by atoms with van der Waals surface area (Å²) in [6.07, 6.45) is 4.38. The average molecular weight is 518 g/mol. The number of aromatic nitrogens is 5. The summed E-state index contributed by atoms with van der Waals surface area (Å²) in [5.41, 5.74) is 2.23. The van der Waals surface area contributed by atoms with E-state index in [1.165, 1.54) is 12.1 Å². The highest BCUT2D eigenvalue weighted by Gasteiger charge is 2.34. The molecule has 1 atom stereocenters. The van der Waals surface area contributed by atoms with Gasteiger partial charge in [0.15, 0.2) is 5.82 Å². The van der Waals surface area contributed by atoms with Gasteiger partial charge < -0.3 is 14.6 Å². The standard InChI is InChI=1S/C28H32FN7O2/c1-2-38-23-11-12-25-19(17-23)18-24(28(37)30-25)26(27-31-32-33-36(27)22-5-3-4-6-22)35-15-13-34(14-16-35)21-9-7-20(29)8-10-21/h7-12,17-18,22,26H,2-6,13-16H2,1H3,(H,30,37)/t26-/m0/s1. The molecule has 2 fully saturated rings. The van der Waals surface area contributed by atoms with E-state index in [9.17, 15) is 9.18 Å². The zero-order chi connectivity index (χ0) is 26.1. The second-order valence-corrected chi connectivity index (χ2v) is 10.1. The van der Waals surface area contributed by atoms with Crippen LogP contribution in [0.1, 0.15) is 56.1 Å². The van der Waals surface area contributed by atoms with E-state index in [1.54, 1.807) is 0 Å². The topological polar surface area (TPSA) is 92.2 Å². The van der Waals surface area contributed by atoms with Gasteiger partial charge in [-0.25, -0.2) is 9.07 Å². The maximum absolute atomic E-state index is 13.5. The number of nitrogens with one attached hydrogen (secondary N) is 1. The van der Waals surface area contributed by atoms with Crippen LogP contribution in [-0.4, -0.2) is 62.9 Å². The van der Waals surface area contributed by atoms with Crippen molar-refractivity contribution in [1.82, 2.24) is 30.1 Å². The number of ether oxygens (including phenoxy) is 1. The number of benzene rings is 2. The third-order valence-corrected chi connectivity index (χ3v) is 7.75. The molecule has 3 heterocycles. The first kappa shape index (κ1) is 24.5. The Morgan fingerprint density at radius 3 is 2.55 bits per heavy atom. The number of pyridine rings is 1. The lowest BCUT2D eigenvalue weighted by Crippen LogP contribution is -2.49. The summed E-state index contributed by atoms with van der Waals surface area (Å²) in [5.74, 6) is 1.23. The Balaban J connectivity index is 1.38. The lowest BCUT2D eigenvalue weighted by atomic mass is 10.0. The first-order chi connectivity index (χ1) is 18.6. The fourth-order valence-electron chi connectivity index (χ4n) is 5.84. The largest absolute Gasteiger partial charge is 0.494 e. The highest BCUT2D eigenvalue weighted by molar-refractivity contribution is 5.80. The molecule has 1 aliphatic carbocycles. The molecule has 6 rings (SSSR count). The Kier molecular flexibility index (Phi) is 6.80. The minimum absolute atomic E-state index is 0.145. The third-order valence-electron chi connectivity index (χ3n) is 7.75. The predicted octanol–water partition coefficient (Wildman–Crippen LogP) is 4.08. The smallest absolute Gasteiger partial charge is 0.253 e. The molecule has 2 aliphatic rings. The number of rotatable bonds is 7. The van der Waals surface area contributed by atoms with E-state index in [1.807, 2.05) is 48.0 Å². The molecule has 2 aromatic carbocycles. The van der Waals surface area contributed by atoms with E-state index in [0.29, 0.717) is 31.1 Å². The Bertz CT molecular complexity index is 1450. The lowest BCUT2D eigenvalue weighted by molar-refractivity contribution is 0.197. The molecule has 10 heteroatoms. The number of nitrogens with zero attached hydrogens (tertiary/aromatic N) is 6. The van der Waals surface area contributed by atoms with Crippen molar-refractivity contribution in [2.24, 2.45) is 0 Å². The summed E-state index contributed by atoms with van der Waals surface area (Å²) in [7, 11) is 0. The van der Waals surface area contributed by atoms with Gasteiger partial charge in [0.2, 0.25) is 0 Å². The van der Waals surface area contributed by atoms with Gasteiger partial charge >= 0.3 is 0 Å². The highest BCUT2D eigenvalue weighted by atomic mass is 19.1. The van der Waals surface area contributed by atoms with Crippen molar-refractivity contribution in [1.29, 1.82) is 0 Å². The molecule has 1 saturated heterocycles. The molecular weight excluding hydrogens is 485 g/mol. The van der Waals surface area contributed by atoms with Crippen molar-refractivity contribution in [2.45, 2.75) is 44.7 Å². The van der Waals surface area contributed by atoms with Crippen molar-refractivity contribution >= 4 is 16.6 Å². The van der Waals surface area contributed by atoms with Gasteiger partial charge in [0.1, 0.15) is 17.6 Å². The molecule has 1 aliphatic heterocycles. The summed E-state index contributed by atoms with van der Waals surface area (Å²) in [4.78, 5) is 21.1. The van der Waals surface area contributed by atoms with Gasteiger partial charge in [0.05, 0.1) is 12.6 Å². The van der Waals surface area contributed by atoms with Crippen molar-refractivity contribution in [2.75, 3.05) is 37.7 Å². The van der Waals surface area contributed by atoms with Gasteiger partial charge in [0.25, 0.3) is 5.56 Å². The number of halogens is 1. The van der Waals surface area contributed by atoms with Gasteiger partial charge in [-0.05, 0) is 78.7 Å². The fraction of sp³-hybridized carbons (Fsp3) is 0.429. The van der Waals surface area contributed by atoms with E-state index >= 15 is 0 Å². The first-order valence-electron chi connectivity index (χ1n) is 13.4. The molecule has 0 unspecified atom stereocenters. The van der Waals surface area contributed by atoms with Gasteiger partial charge in [-0.1, -0.05) is 12.8 Å². The molecule has 1 N–H and O–H groups in total. The molecular formula is C28H32FN7O2. The molecule has 9 nitrogen and oxygen atoms in total. The number of H-pyrrole nitrogens is 1. The minimum atomic E-state index is -0.398. The fourth-order valence-corrected chi connectivity index (χ4v) is 5.84. The van der Waals surface area contributed by atoms with Gasteiger partial charge in [-0.15, -0.1) is 5.10 Å². The van der Waals surface area contributed by atoms with E-state index in [-0.39, 0.29) is 17.4 Å². The van der Waals surface area contributed by atoms with E-state index < -0.39 is 6.04 Å². The molecule has 4 aromatic rings. The van der Waals surface area contributed by atoms with Gasteiger partial charge in [-0.3, -0.25) is 9.69 Å². The summed E-state index contributed by atoms with van der Waals surface area (Å²) in [5, 5.41) is 13.9. The van der Waals surface area contributed by atoms with Crippen LogP contribution in [0.5, 0.6) is 5.75 Å². The van der Waals surface area contributed by atoms with Crippen LogP contribution < -0.4 is 15.2 Å². The van der Waals surface area contributed by atoms with Crippen LogP contribution in [-0.2, 0) is 0 Å². The Hall–Kier alpha value is -3.79. The Labute approximate surface area is 220 Å². The number of piperazine rings is 1. The van der Waals surface area contributed by atoms with Crippen LogP contribution in [0.2, 0.25) is 0 Å². The SMILES string of the molecule is CCOc1ccc2[nH]c(=O)c([C@@H](c3nnnn3C3CCCC3)N3CCN(c4ccc(F)cc4)CC3)cc2c1. The van der Waals surface area contributed by atoms with Crippen LogP contribution in [0.15, 0.2) is 53.3 Å². The van der Waals surface area contributed by atoms with Crippen LogP contribution in [0.25, 0.3) is 10.9 Å². The van der Waals surface area contributed by atoms with Crippen LogP contribution in [0.3, 0.4) is 0 Å². The predicted molar refractivity (Wildman–Crippen MR) is 143 cm³/mol. The van der Waals surface area contributed by atoms with E-state index in [2.05, 4.69) is 30.3 Å². The summed E-state index contributed by atoms with van der Waals surface area (Å²) >= 11 is 0. The van der Waals surface area contributed by atoms with Crippen molar-refractivity contribution < 1.29 is 9.13 Å². The lowest BCUT2D eigenvalue weighted by Gasteiger charge is -2.39. The van der Waals surface area contributed by atoms with Crippen molar-refractivity contribution in [3.05, 3.63) is 76.1 Å². The number of anilines is 1. The number of aromatic amines is 1. The van der Waals surface area contributed by atoms with Crippen LogP contribution in [0.4, 0.5) is 10.1 Å². The van der Waals surface area contributed by atoms with Crippen molar-refractivity contribution in [3.8, 4) is 5.75 Å². The Morgan fingerprint density at radius 1 is 1.05 bits per heavy atom. The Morgan fingerprint density at radius 2 is 1.82 bits per heavy atom. The number of tetrazole rings is 1. The second-order valence-electron chi connectivity index (χ2n) is 10.1. The summed E-state index contributed by atoms with van der Waals surface area (Å²) in [6, 6.07) is 14.1. The molecule has 0 spiro atoms. The molecule has 0 bridgehead atoms. The maximum atomic E-state index is 13.5. The van der Waals surface area contributed by atoms with E-state index in [0.717, 1.165) is 61.1 Å². The van der Waals surface area contributed by atoms with Gasteiger partial charge in [0, 0.05) is 48.3 Å². The average Bonchev–Trinajstić information content (AvgIpc) is 3.63. The van der Waals surface area contributed by atoms with Crippen LogP contribution >= 0.6 is 0 Å². The van der Waals surface area contributed by atoms with E-state index in [4.69, 9.17) is 4.74 Å². The minimum Gasteiger partial charge on any atom is -0.494 e. The maximum Gasteiger partial charge on any atom is 0.253 e. The number of hydrogen-bond donors (Lipinski definition) is 1.